The first-order chi connectivity index (χ1) is 13.2. The molecule has 0 bridgehead atoms. The van der Waals surface area contributed by atoms with E-state index in [2.05, 4.69) is 31.6 Å². The summed E-state index contributed by atoms with van der Waals surface area (Å²) in [7, 11) is 0. The Morgan fingerprint density at radius 2 is 1.79 bits per heavy atom. The summed E-state index contributed by atoms with van der Waals surface area (Å²) in [6, 6.07) is 0. The number of carboxylic acid groups (broad SMARTS) is 1. The first kappa shape index (κ1) is 20.6. The average molecular weight is 405 g/mol. The standard InChI is InChI=1S/C21H28N2O4S/c1-21(2,3)12-8-9-13-16(11-28-17(13)10-12)19(25)23-22-18(24)14-6-4-5-7-15(14)20(26)27/h4-5,11-12,14-15H,6-10H2,1-3H3,(H,22,24)(H,23,25)(H,26,27)/t12-,14+,15+/m1/s1. The Morgan fingerprint density at radius 3 is 2.43 bits per heavy atom. The number of rotatable bonds is 3. The molecule has 6 nitrogen and oxygen atoms in total. The summed E-state index contributed by atoms with van der Waals surface area (Å²) < 4.78 is 0. The van der Waals surface area contributed by atoms with Crippen LogP contribution in [0.5, 0.6) is 0 Å². The molecule has 28 heavy (non-hydrogen) atoms. The van der Waals surface area contributed by atoms with E-state index in [0.717, 1.165) is 24.8 Å². The van der Waals surface area contributed by atoms with Crippen LogP contribution in [0, 0.1) is 23.2 Å². The van der Waals surface area contributed by atoms with Crippen molar-refractivity contribution in [1.29, 1.82) is 0 Å². The molecular weight excluding hydrogens is 376 g/mol. The number of hydrogen-bond donors (Lipinski definition) is 3. The molecule has 0 saturated heterocycles. The molecule has 0 aromatic carbocycles. The number of nitrogens with one attached hydrogen (secondary N) is 2. The van der Waals surface area contributed by atoms with Crippen molar-refractivity contribution in [2.75, 3.05) is 0 Å². The second-order valence-corrected chi connectivity index (χ2v) is 9.76. The van der Waals surface area contributed by atoms with Gasteiger partial charge in [0.15, 0.2) is 0 Å². The maximum atomic E-state index is 12.6. The summed E-state index contributed by atoms with van der Waals surface area (Å²) in [5.74, 6) is -2.62. The molecule has 1 heterocycles. The first-order valence-electron chi connectivity index (χ1n) is 9.75. The van der Waals surface area contributed by atoms with Gasteiger partial charge in [-0.15, -0.1) is 11.3 Å². The minimum absolute atomic E-state index is 0.243. The molecule has 7 heteroatoms. The zero-order chi connectivity index (χ0) is 20.5. The zero-order valence-electron chi connectivity index (χ0n) is 16.6. The third-order valence-corrected chi connectivity index (χ3v) is 7.06. The number of carbonyl (C=O) groups is 3. The molecule has 2 aliphatic rings. The number of allylic oxidation sites excluding steroid dienone is 2. The Balaban J connectivity index is 1.62. The lowest BCUT2D eigenvalue weighted by molar-refractivity contribution is -0.147. The third kappa shape index (κ3) is 4.29. The molecule has 0 unspecified atom stereocenters. The van der Waals surface area contributed by atoms with Gasteiger partial charge in [0, 0.05) is 10.3 Å². The van der Waals surface area contributed by atoms with Crippen LogP contribution in [0.4, 0.5) is 0 Å². The van der Waals surface area contributed by atoms with Crippen LogP contribution in [0.25, 0.3) is 0 Å². The van der Waals surface area contributed by atoms with Crippen molar-refractivity contribution >= 4 is 29.1 Å². The molecule has 2 aliphatic carbocycles. The van der Waals surface area contributed by atoms with Crippen molar-refractivity contribution in [1.82, 2.24) is 10.9 Å². The summed E-state index contributed by atoms with van der Waals surface area (Å²) in [6.45, 7) is 6.76. The average Bonchev–Trinajstić information content (AvgIpc) is 3.08. The van der Waals surface area contributed by atoms with Crippen LogP contribution in [0.1, 0.15) is 60.8 Å². The second kappa shape index (κ2) is 8.07. The normalized spacial score (nSPS) is 24.3. The Bertz CT molecular complexity index is 806. The summed E-state index contributed by atoms with van der Waals surface area (Å²) in [5.41, 5.74) is 6.86. The van der Waals surface area contributed by atoms with Crippen LogP contribution in [-0.4, -0.2) is 22.9 Å². The van der Waals surface area contributed by atoms with Crippen molar-refractivity contribution < 1.29 is 19.5 Å². The number of hydrazine groups is 1. The van der Waals surface area contributed by atoms with E-state index in [0.29, 0.717) is 24.3 Å². The Kier molecular flexibility index (Phi) is 5.93. The minimum atomic E-state index is -0.990. The summed E-state index contributed by atoms with van der Waals surface area (Å²) in [6.07, 6.45) is 7.18. The minimum Gasteiger partial charge on any atom is -0.481 e. The van der Waals surface area contributed by atoms with E-state index in [1.807, 2.05) is 11.5 Å². The predicted octanol–water partition coefficient (Wildman–Crippen LogP) is 3.33. The van der Waals surface area contributed by atoms with Crippen LogP contribution >= 0.6 is 11.3 Å². The smallest absolute Gasteiger partial charge is 0.307 e. The van der Waals surface area contributed by atoms with Crippen LogP contribution in [0.3, 0.4) is 0 Å². The molecule has 0 spiro atoms. The van der Waals surface area contributed by atoms with Crippen molar-refractivity contribution in [3.8, 4) is 0 Å². The molecular formula is C21H28N2O4S. The lowest BCUT2D eigenvalue weighted by atomic mass is 9.72. The number of thiophene rings is 1. The van der Waals surface area contributed by atoms with Gasteiger partial charge in [-0.2, -0.15) is 0 Å². The fourth-order valence-corrected chi connectivity index (χ4v) is 5.26. The molecule has 0 aliphatic heterocycles. The Morgan fingerprint density at radius 1 is 1.11 bits per heavy atom. The highest BCUT2D eigenvalue weighted by Gasteiger charge is 2.35. The largest absolute Gasteiger partial charge is 0.481 e. The lowest BCUT2D eigenvalue weighted by Gasteiger charge is -2.34. The summed E-state index contributed by atoms with van der Waals surface area (Å²) in [4.78, 5) is 37.6. The van der Waals surface area contributed by atoms with E-state index < -0.39 is 23.7 Å². The van der Waals surface area contributed by atoms with Gasteiger partial charge in [0.2, 0.25) is 5.91 Å². The Hall–Kier alpha value is -2.15. The molecule has 1 aromatic heterocycles. The van der Waals surface area contributed by atoms with Gasteiger partial charge in [-0.1, -0.05) is 32.9 Å². The van der Waals surface area contributed by atoms with Crippen LogP contribution in [-0.2, 0) is 22.4 Å². The van der Waals surface area contributed by atoms with Crippen LogP contribution in [0.2, 0.25) is 0 Å². The first-order valence-corrected chi connectivity index (χ1v) is 10.6. The molecule has 0 fully saturated rings. The van der Waals surface area contributed by atoms with Gasteiger partial charge in [0.25, 0.3) is 5.91 Å². The van der Waals surface area contributed by atoms with E-state index in [4.69, 9.17) is 0 Å². The van der Waals surface area contributed by atoms with E-state index in [-0.39, 0.29) is 11.3 Å². The fourth-order valence-electron chi connectivity index (χ4n) is 4.10. The van der Waals surface area contributed by atoms with Crippen LogP contribution < -0.4 is 10.9 Å². The number of carboxylic acids is 1. The Labute approximate surface area is 169 Å². The highest BCUT2D eigenvalue weighted by molar-refractivity contribution is 7.10. The van der Waals surface area contributed by atoms with Gasteiger partial charge >= 0.3 is 5.97 Å². The van der Waals surface area contributed by atoms with Crippen LogP contribution in [0.15, 0.2) is 17.5 Å². The lowest BCUT2D eigenvalue weighted by Crippen LogP contribution is -2.47. The zero-order valence-corrected chi connectivity index (χ0v) is 17.4. The maximum absolute atomic E-state index is 12.6. The van der Waals surface area contributed by atoms with E-state index >= 15 is 0 Å². The monoisotopic (exact) mass is 404 g/mol. The summed E-state index contributed by atoms with van der Waals surface area (Å²) in [5, 5.41) is 11.2. The fraction of sp³-hybridized carbons (Fsp3) is 0.571. The molecule has 3 atom stereocenters. The van der Waals surface area contributed by atoms with E-state index in [1.54, 1.807) is 17.4 Å². The number of amides is 2. The predicted molar refractivity (Wildman–Crippen MR) is 108 cm³/mol. The highest BCUT2D eigenvalue weighted by Crippen LogP contribution is 2.40. The van der Waals surface area contributed by atoms with E-state index in [1.165, 1.54) is 4.88 Å². The van der Waals surface area contributed by atoms with Crippen molar-refractivity contribution in [2.24, 2.45) is 23.2 Å². The third-order valence-electron chi connectivity index (χ3n) is 6.01. The molecule has 3 rings (SSSR count). The van der Waals surface area contributed by atoms with Crippen molar-refractivity contribution in [3.63, 3.8) is 0 Å². The quantitative estimate of drug-likeness (QED) is 0.532. The van der Waals surface area contributed by atoms with Gasteiger partial charge in [-0.05, 0) is 49.0 Å². The second-order valence-electron chi connectivity index (χ2n) is 8.79. The van der Waals surface area contributed by atoms with Gasteiger partial charge in [-0.25, -0.2) is 0 Å². The van der Waals surface area contributed by atoms with Crippen molar-refractivity contribution in [3.05, 3.63) is 33.5 Å². The number of aliphatic carboxylic acids is 1. The molecule has 152 valence electrons. The SMILES string of the molecule is CC(C)(C)[C@@H]1CCc2c(C(=O)NNC(=O)[C@H]3CC=CC[C@@H]3C(=O)O)csc2C1. The van der Waals surface area contributed by atoms with Gasteiger partial charge in [0.1, 0.15) is 0 Å². The van der Waals surface area contributed by atoms with E-state index in [9.17, 15) is 19.5 Å². The topological polar surface area (TPSA) is 95.5 Å². The molecule has 2 amide bonds. The molecule has 0 radical (unpaired) electrons. The summed E-state index contributed by atoms with van der Waals surface area (Å²) >= 11 is 1.61. The van der Waals surface area contributed by atoms with Gasteiger partial charge < -0.3 is 5.11 Å². The molecule has 0 saturated carbocycles. The van der Waals surface area contributed by atoms with Gasteiger partial charge in [0.05, 0.1) is 17.4 Å². The van der Waals surface area contributed by atoms with Gasteiger partial charge in [-0.3, -0.25) is 25.2 Å². The maximum Gasteiger partial charge on any atom is 0.307 e. The molecule has 1 aromatic rings. The number of carbonyl (C=O) groups excluding carboxylic acids is 2. The van der Waals surface area contributed by atoms with Crippen molar-refractivity contribution in [2.45, 2.75) is 52.9 Å². The number of fused-ring (bicyclic) bond motifs is 1. The molecule has 3 N–H and O–H groups in total. The highest BCUT2D eigenvalue weighted by atomic mass is 32.1. The number of hydrogen-bond acceptors (Lipinski definition) is 4.